The number of benzene rings is 3. The number of carbonyl (C=O) groups is 2. The Morgan fingerprint density at radius 3 is 2.62 bits per heavy atom. The van der Waals surface area contributed by atoms with Gasteiger partial charge in [-0.3, -0.25) is 9.59 Å². The van der Waals surface area contributed by atoms with Gasteiger partial charge in [0.05, 0.1) is 18.7 Å². The molecule has 1 N–H and O–H groups in total. The highest BCUT2D eigenvalue weighted by molar-refractivity contribution is 6.46. The van der Waals surface area contributed by atoms with E-state index in [1.807, 2.05) is 55.5 Å². The number of ketones is 1. The molecule has 6 nitrogen and oxygen atoms in total. The summed E-state index contributed by atoms with van der Waals surface area (Å²) in [4.78, 5) is 28.0. The van der Waals surface area contributed by atoms with Crippen LogP contribution in [0.1, 0.15) is 35.2 Å². The van der Waals surface area contributed by atoms with E-state index in [1.54, 1.807) is 31.4 Å². The number of fused-ring (bicyclic) bond motifs is 1. The molecule has 0 saturated carbocycles. The number of aliphatic hydroxyl groups is 1. The molecule has 1 saturated heterocycles. The van der Waals surface area contributed by atoms with E-state index in [4.69, 9.17) is 9.47 Å². The Hall–Kier alpha value is -4.06. The van der Waals surface area contributed by atoms with Gasteiger partial charge >= 0.3 is 0 Å². The maximum Gasteiger partial charge on any atom is 0.295 e. The average molecular weight is 456 g/mol. The van der Waals surface area contributed by atoms with Gasteiger partial charge in [0.15, 0.2) is 0 Å². The highest BCUT2D eigenvalue weighted by Crippen LogP contribution is 2.42. The van der Waals surface area contributed by atoms with Crippen LogP contribution in [0.4, 0.5) is 0 Å². The number of methoxy groups -OCH3 is 1. The third-order valence-electron chi connectivity index (χ3n) is 6.31. The summed E-state index contributed by atoms with van der Waals surface area (Å²) in [5.41, 5.74) is 3.10. The van der Waals surface area contributed by atoms with Crippen molar-refractivity contribution in [1.29, 1.82) is 0 Å². The van der Waals surface area contributed by atoms with E-state index < -0.39 is 17.7 Å². The molecule has 0 unspecified atom stereocenters. The molecule has 2 heterocycles. The number of likely N-dealkylation sites (tertiary alicyclic amines) is 1. The molecule has 2 aliphatic heterocycles. The first-order valence-corrected chi connectivity index (χ1v) is 11.2. The molecule has 5 rings (SSSR count). The van der Waals surface area contributed by atoms with E-state index in [-0.39, 0.29) is 24.0 Å². The molecule has 3 aromatic rings. The number of amides is 1. The molecule has 172 valence electrons. The number of nitrogens with zero attached hydrogens (tertiary/aromatic N) is 1. The Bertz CT molecular complexity index is 1300. The summed E-state index contributed by atoms with van der Waals surface area (Å²) in [6, 6.07) is 21.3. The van der Waals surface area contributed by atoms with Gasteiger partial charge in [-0.05, 0) is 53.9 Å². The summed E-state index contributed by atoms with van der Waals surface area (Å²) in [5, 5.41) is 11.4. The summed E-state index contributed by atoms with van der Waals surface area (Å²) in [7, 11) is 1.56. The van der Waals surface area contributed by atoms with Crippen molar-refractivity contribution in [2.24, 2.45) is 0 Å². The third kappa shape index (κ3) is 3.81. The van der Waals surface area contributed by atoms with E-state index in [0.29, 0.717) is 16.9 Å². The smallest absolute Gasteiger partial charge is 0.295 e. The molecule has 1 fully saturated rings. The first-order valence-electron chi connectivity index (χ1n) is 11.2. The Labute approximate surface area is 198 Å². The van der Waals surface area contributed by atoms with Gasteiger partial charge in [0.1, 0.15) is 23.4 Å². The van der Waals surface area contributed by atoms with Crippen LogP contribution in [0, 0.1) is 0 Å². The van der Waals surface area contributed by atoms with E-state index in [1.165, 1.54) is 4.90 Å². The number of aliphatic hydroxyl groups excluding tert-OH is 1. The lowest BCUT2D eigenvalue weighted by atomic mass is 9.94. The Morgan fingerprint density at radius 1 is 1.06 bits per heavy atom. The second-order valence-corrected chi connectivity index (χ2v) is 8.64. The lowest BCUT2D eigenvalue weighted by Gasteiger charge is -2.25. The number of Topliss-reactive ketones (excluding diaryl/α,β-unsaturated/α-hetero) is 1. The van der Waals surface area contributed by atoms with Crippen molar-refractivity contribution < 1.29 is 24.2 Å². The van der Waals surface area contributed by atoms with Crippen LogP contribution in [0.2, 0.25) is 0 Å². The lowest BCUT2D eigenvalue weighted by molar-refractivity contribution is -0.140. The summed E-state index contributed by atoms with van der Waals surface area (Å²) in [5.74, 6) is -0.156. The fraction of sp³-hybridized carbons (Fsp3) is 0.214. The molecule has 0 radical (unpaired) electrons. The molecule has 3 aromatic carbocycles. The quantitative estimate of drug-likeness (QED) is 0.345. The van der Waals surface area contributed by atoms with Crippen LogP contribution in [0.15, 0.2) is 78.4 Å². The predicted octanol–water partition coefficient (Wildman–Crippen LogP) is 4.64. The van der Waals surface area contributed by atoms with Gasteiger partial charge in [0.2, 0.25) is 0 Å². The van der Waals surface area contributed by atoms with E-state index in [0.717, 1.165) is 23.3 Å². The highest BCUT2D eigenvalue weighted by Gasteiger charge is 2.46. The van der Waals surface area contributed by atoms with Gasteiger partial charge in [0, 0.05) is 18.5 Å². The van der Waals surface area contributed by atoms with Crippen LogP contribution in [0.5, 0.6) is 11.5 Å². The van der Waals surface area contributed by atoms with Crippen LogP contribution < -0.4 is 9.47 Å². The van der Waals surface area contributed by atoms with Crippen molar-refractivity contribution in [2.45, 2.75) is 32.0 Å². The van der Waals surface area contributed by atoms with Gasteiger partial charge in [-0.25, -0.2) is 0 Å². The molecule has 2 aliphatic rings. The second-order valence-electron chi connectivity index (χ2n) is 8.64. The lowest BCUT2D eigenvalue weighted by Crippen LogP contribution is -2.29. The topological polar surface area (TPSA) is 76.1 Å². The minimum absolute atomic E-state index is 0.0561. The van der Waals surface area contributed by atoms with Gasteiger partial charge in [-0.15, -0.1) is 0 Å². The molecule has 1 amide bonds. The molecular formula is C28H25NO5. The van der Waals surface area contributed by atoms with Crippen LogP contribution in [0.3, 0.4) is 0 Å². The molecule has 34 heavy (non-hydrogen) atoms. The second kappa shape index (κ2) is 8.71. The summed E-state index contributed by atoms with van der Waals surface area (Å²) in [6.45, 7) is 2.22. The van der Waals surface area contributed by atoms with Gasteiger partial charge in [-0.2, -0.15) is 0 Å². The monoisotopic (exact) mass is 455 g/mol. The maximum absolute atomic E-state index is 13.3. The van der Waals surface area contributed by atoms with Crippen molar-refractivity contribution in [3.05, 3.63) is 101 Å². The normalized spacial score (nSPS) is 20.8. The largest absolute Gasteiger partial charge is 0.507 e. The fourth-order valence-electron chi connectivity index (χ4n) is 4.71. The van der Waals surface area contributed by atoms with Crippen molar-refractivity contribution in [1.82, 2.24) is 4.90 Å². The first-order chi connectivity index (χ1) is 16.5. The average Bonchev–Trinajstić information content (AvgIpc) is 3.35. The number of rotatable bonds is 5. The maximum atomic E-state index is 13.3. The molecule has 0 bridgehead atoms. The molecule has 2 atom stereocenters. The van der Waals surface area contributed by atoms with Crippen molar-refractivity contribution in [3.8, 4) is 11.5 Å². The number of carbonyl (C=O) groups excluding carboxylic acids is 2. The fourth-order valence-corrected chi connectivity index (χ4v) is 4.71. The highest BCUT2D eigenvalue weighted by atomic mass is 16.5. The van der Waals surface area contributed by atoms with E-state index in [9.17, 15) is 14.7 Å². The number of hydrogen-bond acceptors (Lipinski definition) is 5. The predicted molar refractivity (Wildman–Crippen MR) is 128 cm³/mol. The summed E-state index contributed by atoms with van der Waals surface area (Å²) < 4.78 is 11.1. The van der Waals surface area contributed by atoms with Crippen LogP contribution in [-0.4, -0.2) is 34.9 Å². The summed E-state index contributed by atoms with van der Waals surface area (Å²) in [6.07, 6.45) is 0.776. The van der Waals surface area contributed by atoms with Gasteiger partial charge in [-0.1, -0.05) is 42.5 Å². The zero-order valence-corrected chi connectivity index (χ0v) is 19.0. The zero-order chi connectivity index (χ0) is 23.8. The standard InChI is InChI=1S/C28H25NO5/c1-17-13-21-14-20(11-12-23(21)34-17)26(30)24-25(19-9-6-10-22(15-19)33-2)29(28(32)27(24)31)16-18-7-4-3-5-8-18/h3-12,14-15,17,25,30H,13,16H2,1-2H3/t17-,25+/m1/s1. The minimum atomic E-state index is -0.751. The molecule has 0 spiro atoms. The number of ether oxygens (including phenoxy) is 2. The van der Waals surface area contributed by atoms with E-state index in [2.05, 4.69) is 0 Å². The SMILES string of the molecule is COc1cccc([C@H]2C(=C(O)c3ccc4c(c3)C[C@@H](C)O4)C(=O)C(=O)N2Cc2ccccc2)c1. The Kier molecular flexibility index (Phi) is 5.57. The Morgan fingerprint density at radius 2 is 1.85 bits per heavy atom. The van der Waals surface area contributed by atoms with Gasteiger partial charge < -0.3 is 19.5 Å². The molecule has 6 heteroatoms. The number of hydrogen-bond donors (Lipinski definition) is 1. The van der Waals surface area contributed by atoms with E-state index >= 15 is 0 Å². The van der Waals surface area contributed by atoms with Crippen molar-refractivity contribution in [3.63, 3.8) is 0 Å². The minimum Gasteiger partial charge on any atom is -0.507 e. The van der Waals surface area contributed by atoms with Crippen LogP contribution >= 0.6 is 0 Å². The van der Waals surface area contributed by atoms with Gasteiger partial charge in [0.25, 0.3) is 11.7 Å². The van der Waals surface area contributed by atoms with Crippen molar-refractivity contribution >= 4 is 17.4 Å². The molecule has 0 aliphatic carbocycles. The Balaban J connectivity index is 1.64. The first kappa shape index (κ1) is 21.8. The van der Waals surface area contributed by atoms with Crippen molar-refractivity contribution in [2.75, 3.05) is 7.11 Å². The molecular weight excluding hydrogens is 430 g/mol. The van der Waals surface area contributed by atoms with Crippen LogP contribution in [0.25, 0.3) is 5.76 Å². The summed E-state index contributed by atoms with van der Waals surface area (Å²) >= 11 is 0. The molecule has 0 aromatic heterocycles. The zero-order valence-electron chi connectivity index (χ0n) is 19.0. The third-order valence-corrected chi connectivity index (χ3v) is 6.31. The van der Waals surface area contributed by atoms with Crippen LogP contribution in [-0.2, 0) is 22.6 Å².